The maximum atomic E-state index is 13.1. The topological polar surface area (TPSA) is 67.9 Å². The maximum Gasteiger partial charge on any atom is 0.254 e. The molecule has 1 N–H and O–H groups in total. The fourth-order valence-electron chi connectivity index (χ4n) is 3.25. The molecule has 1 saturated heterocycles. The first-order valence-corrected chi connectivity index (χ1v) is 10.6. The van der Waals surface area contributed by atoms with Crippen LogP contribution in [0.3, 0.4) is 0 Å². The van der Waals surface area contributed by atoms with Gasteiger partial charge in [0, 0.05) is 25.2 Å². The minimum absolute atomic E-state index is 0.0238. The molecule has 0 bridgehead atoms. The third-order valence-electron chi connectivity index (χ3n) is 4.64. The van der Waals surface area contributed by atoms with E-state index < -0.39 is 0 Å². The summed E-state index contributed by atoms with van der Waals surface area (Å²) in [7, 11) is 0. The molecule has 1 aliphatic rings. The molecule has 0 saturated carbocycles. The van der Waals surface area contributed by atoms with Gasteiger partial charge in [-0.2, -0.15) is 0 Å². The molecule has 0 aliphatic carbocycles. The van der Waals surface area contributed by atoms with Gasteiger partial charge in [-0.3, -0.25) is 9.59 Å². The number of ether oxygens (including phenoxy) is 2. The summed E-state index contributed by atoms with van der Waals surface area (Å²) in [6.45, 7) is 8.58. The molecule has 1 aliphatic heterocycles. The molecule has 156 valence electrons. The monoisotopic (exact) mass is 410 g/mol. The largest absolute Gasteiger partial charge is 0.490 e. The third kappa shape index (κ3) is 5.77. The minimum Gasteiger partial charge on any atom is -0.490 e. The predicted molar refractivity (Wildman–Crippen MR) is 110 cm³/mol. The Balaban J connectivity index is 2.17. The molecular formula is C21H31ClN2O4. The van der Waals surface area contributed by atoms with E-state index in [1.165, 1.54) is 0 Å². The lowest BCUT2D eigenvalue weighted by Gasteiger charge is -2.32. The lowest BCUT2D eigenvalue weighted by molar-refractivity contribution is -0.126. The predicted octanol–water partition coefficient (Wildman–Crippen LogP) is 3.91. The summed E-state index contributed by atoms with van der Waals surface area (Å²) in [5.41, 5.74) is 0.451. The van der Waals surface area contributed by atoms with E-state index in [9.17, 15) is 9.59 Å². The van der Waals surface area contributed by atoms with E-state index in [1.54, 1.807) is 17.0 Å². The van der Waals surface area contributed by atoms with E-state index in [-0.39, 0.29) is 17.7 Å². The van der Waals surface area contributed by atoms with Gasteiger partial charge < -0.3 is 19.7 Å². The van der Waals surface area contributed by atoms with Gasteiger partial charge in [0.15, 0.2) is 11.5 Å². The maximum absolute atomic E-state index is 13.1. The summed E-state index contributed by atoms with van der Waals surface area (Å²) in [5.74, 6) is 0.658. The van der Waals surface area contributed by atoms with Crippen molar-refractivity contribution in [3.05, 3.63) is 22.7 Å². The smallest absolute Gasteiger partial charge is 0.254 e. The zero-order valence-electron chi connectivity index (χ0n) is 17.1. The zero-order chi connectivity index (χ0) is 20.5. The summed E-state index contributed by atoms with van der Waals surface area (Å²) in [5, 5.41) is 3.29. The highest BCUT2D eigenvalue weighted by molar-refractivity contribution is 6.32. The molecule has 1 unspecified atom stereocenters. The van der Waals surface area contributed by atoms with E-state index in [0.29, 0.717) is 54.9 Å². The van der Waals surface area contributed by atoms with Crippen LogP contribution < -0.4 is 14.8 Å². The average molecular weight is 411 g/mol. The molecule has 28 heavy (non-hydrogen) atoms. The van der Waals surface area contributed by atoms with Crippen molar-refractivity contribution in [1.29, 1.82) is 0 Å². The number of halogens is 1. The molecule has 1 fully saturated rings. The summed E-state index contributed by atoms with van der Waals surface area (Å²) in [6.07, 6.45) is 3.35. The highest BCUT2D eigenvalue weighted by Crippen LogP contribution is 2.37. The highest BCUT2D eigenvalue weighted by atomic mass is 35.5. The molecular weight excluding hydrogens is 380 g/mol. The Morgan fingerprint density at radius 2 is 2.00 bits per heavy atom. The molecule has 6 nitrogen and oxygen atoms in total. The Labute approximate surface area is 172 Å². The van der Waals surface area contributed by atoms with Crippen LogP contribution in [0, 0.1) is 5.92 Å². The van der Waals surface area contributed by atoms with Gasteiger partial charge in [-0.1, -0.05) is 25.4 Å². The second-order valence-corrected chi connectivity index (χ2v) is 7.36. The first kappa shape index (κ1) is 22.3. The number of likely N-dealkylation sites (tertiary alicyclic amines) is 1. The van der Waals surface area contributed by atoms with E-state index >= 15 is 0 Å². The molecule has 0 aromatic heterocycles. The SMILES string of the molecule is CCCNC(=O)C1CCCN(C(=O)c2cc(Cl)c(OCCC)c(OCC)c2)C1. The molecule has 1 aromatic carbocycles. The quantitative estimate of drug-likeness (QED) is 0.670. The first-order chi connectivity index (χ1) is 13.5. The number of amides is 2. The van der Waals surface area contributed by atoms with Crippen LogP contribution in [0.1, 0.15) is 56.8 Å². The molecule has 1 heterocycles. The molecule has 0 radical (unpaired) electrons. The number of carbonyl (C=O) groups excluding carboxylic acids is 2. The summed E-state index contributed by atoms with van der Waals surface area (Å²) in [4.78, 5) is 27.1. The average Bonchev–Trinajstić information content (AvgIpc) is 2.71. The van der Waals surface area contributed by atoms with Crippen LogP contribution in [0.15, 0.2) is 12.1 Å². The number of hydrogen-bond donors (Lipinski definition) is 1. The molecule has 1 atom stereocenters. The van der Waals surface area contributed by atoms with Crippen molar-refractivity contribution in [2.75, 3.05) is 32.8 Å². The van der Waals surface area contributed by atoms with Gasteiger partial charge in [-0.05, 0) is 44.7 Å². The Bertz CT molecular complexity index is 681. The summed E-state index contributed by atoms with van der Waals surface area (Å²) < 4.78 is 11.4. The molecule has 0 spiro atoms. The molecule has 1 aromatic rings. The first-order valence-electron chi connectivity index (χ1n) is 10.2. The lowest BCUT2D eigenvalue weighted by atomic mass is 9.96. The second kappa shape index (κ2) is 11.1. The zero-order valence-corrected chi connectivity index (χ0v) is 17.8. The van der Waals surface area contributed by atoms with Crippen LogP contribution in [-0.2, 0) is 4.79 Å². The van der Waals surface area contributed by atoms with Crippen molar-refractivity contribution in [3.63, 3.8) is 0 Å². The van der Waals surface area contributed by atoms with Crippen molar-refractivity contribution >= 4 is 23.4 Å². The van der Waals surface area contributed by atoms with Gasteiger partial charge in [0.05, 0.1) is 24.2 Å². The summed E-state index contributed by atoms with van der Waals surface area (Å²) >= 11 is 6.39. The van der Waals surface area contributed by atoms with Crippen molar-refractivity contribution < 1.29 is 19.1 Å². The number of nitrogens with one attached hydrogen (secondary N) is 1. The second-order valence-electron chi connectivity index (χ2n) is 6.95. The Morgan fingerprint density at radius 3 is 2.68 bits per heavy atom. The van der Waals surface area contributed by atoms with Crippen molar-refractivity contribution in [2.24, 2.45) is 5.92 Å². The highest BCUT2D eigenvalue weighted by Gasteiger charge is 2.29. The van der Waals surface area contributed by atoms with Gasteiger partial charge in [-0.15, -0.1) is 0 Å². The lowest BCUT2D eigenvalue weighted by Crippen LogP contribution is -2.45. The fraction of sp³-hybridized carbons (Fsp3) is 0.619. The van der Waals surface area contributed by atoms with Crippen LogP contribution >= 0.6 is 11.6 Å². The van der Waals surface area contributed by atoms with Crippen LogP contribution in [-0.4, -0.2) is 49.6 Å². The van der Waals surface area contributed by atoms with E-state index in [0.717, 1.165) is 25.7 Å². The number of piperidine rings is 1. The van der Waals surface area contributed by atoms with E-state index in [4.69, 9.17) is 21.1 Å². The molecule has 7 heteroatoms. The minimum atomic E-state index is -0.168. The van der Waals surface area contributed by atoms with Crippen LogP contribution in [0.5, 0.6) is 11.5 Å². The third-order valence-corrected chi connectivity index (χ3v) is 4.92. The van der Waals surface area contributed by atoms with Crippen LogP contribution in [0.2, 0.25) is 5.02 Å². The number of hydrogen-bond acceptors (Lipinski definition) is 4. The van der Waals surface area contributed by atoms with Gasteiger partial charge in [0.1, 0.15) is 0 Å². The van der Waals surface area contributed by atoms with Crippen molar-refractivity contribution in [2.45, 2.75) is 46.5 Å². The number of carbonyl (C=O) groups is 2. The van der Waals surface area contributed by atoms with Crippen molar-refractivity contribution in [3.8, 4) is 11.5 Å². The van der Waals surface area contributed by atoms with Gasteiger partial charge in [-0.25, -0.2) is 0 Å². The van der Waals surface area contributed by atoms with E-state index in [2.05, 4.69) is 5.32 Å². The fourth-order valence-corrected chi connectivity index (χ4v) is 3.51. The Hall–Kier alpha value is -1.95. The van der Waals surface area contributed by atoms with Gasteiger partial charge >= 0.3 is 0 Å². The van der Waals surface area contributed by atoms with Crippen molar-refractivity contribution in [1.82, 2.24) is 10.2 Å². The Kier molecular flexibility index (Phi) is 8.90. The van der Waals surface area contributed by atoms with Gasteiger partial charge in [0.25, 0.3) is 5.91 Å². The summed E-state index contributed by atoms with van der Waals surface area (Å²) in [6, 6.07) is 3.31. The van der Waals surface area contributed by atoms with Crippen LogP contribution in [0.25, 0.3) is 0 Å². The molecule has 2 rings (SSSR count). The van der Waals surface area contributed by atoms with Gasteiger partial charge in [0.2, 0.25) is 5.91 Å². The molecule has 2 amide bonds. The Morgan fingerprint density at radius 1 is 1.21 bits per heavy atom. The number of rotatable bonds is 9. The number of benzene rings is 1. The number of nitrogens with zero attached hydrogens (tertiary/aromatic N) is 1. The van der Waals surface area contributed by atoms with E-state index in [1.807, 2.05) is 20.8 Å². The standard InChI is InChI=1S/C21H31ClN2O4/c1-4-9-23-20(25)15-8-7-10-24(14-15)21(26)16-12-17(22)19(28-11-5-2)18(13-16)27-6-3/h12-13,15H,4-11,14H2,1-3H3,(H,23,25). The van der Waals surface area contributed by atoms with Crippen LogP contribution in [0.4, 0.5) is 0 Å². The normalized spacial score (nSPS) is 16.6.